The van der Waals surface area contributed by atoms with Gasteiger partial charge in [0.25, 0.3) is 5.91 Å². The molecule has 0 radical (unpaired) electrons. The molecule has 2 aliphatic heterocycles. The zero-order valence-electron chi connectivity index (χ0n) is 15.1. The predicted octanol–water partition coefficient (Wildman–Crippen LogP) is 3.57. The van der Waals surface area contributed by atoms with Crippen LogP contribution in [0.4, 0.5) is 0 Å². The Morgan fingerprint density at radius 3 is 2.68 bits per heavy atom. The second kappa shape index (κ2) is 6.75. The second-order valence-electron chi connectivity index (χ2n) is 7.86. The molecule has 1 aromatic carbocycles. The predicted molar refractivity (Wildman–Crippen MR) is 101 cm³/mol. The first-order valence-electron chi connectivity index (χ1n) is 9.48. The van der Waals surface area contributed by atoms with E-state index in [1.54, 1.807) is 6.20 Å². The molecular formula is C21H27N3O. The van der Waals surface area contributed by atoms with Crippen LogP contribution < -0.4 is 0 Å². The van der Waals surface area contributed by atoms with Gasteiger partial charge in [-0.05, 0) is 81.9 Å². The van der Waals surface area contributed by atoms with E-state index < -0.39 is 0 Å². The van der Waals surface area contributed by atoms with E-state index in [1.165, 1.54) is 32.4 Å². The molecule has 2 aliphatic rings. The Morgan fingerprint density at radius 1 is 1.04 bits per heavy atom. The zero-order valence-corrected chi connectivity index (χ0v) is 15.1. The number of aromatic nitrogens is 1. The van der Waals surface area contributed by atoms with E-state index in [4.69, 9.17) is 0 Å². The fourth-order valence-corrected chi connectivity index (χ4v) is 4.46. The summed E-state index contributed by atoms with van der Waals surface area (Å²) in [5.74, 6) is 0.173. The Kier molecular flexibility index (Phi) is 4.46. The van der Waals surface area contributed by atoms with Crippen LogP contribution in [0.1, 0.15) is 42.5 Å². The average molecular weight is 337 g/mol. The lowest BCUT2D eigenvalue weighted by Gasteiger charge is -2.41. The van der Waals surface area contributed by atoms with Gasteiger partial charge in [-0.3, -0.25) is 9.78 Å². The van der Waals surface area contributed by atoms with Crippen LogP contribution in [0.2, 0.25) is 0 Å². The minimum atomic E-state index is 0.173. The van der Waals surface area contributed by atoms with Crippen molar-refractivity contribution in [2.45, 2.75) is 32.1 Å². The quantitative estimate of drug-likeness (QED) is 0.798. The maximum Gasteiger partial charge on any atom is 0.253 e. The minimum Gasteiger partial charge on any atom is -0.339 e. The van der Waals surface area contributed by atoms with Crippen molar-refractivity contribution < 1.29 is 4.79 Å². The van der Waals surface area contributed by atoms with Crippen molar-refractivity contribution >= 4 is 16.8 Å². The molecule has 2 saturated heterocycles. The van der Waals surface area contributed by atoms with Gasteiger partial charge in [0.15, 0.2) is 0 Å². The van der Waals surface area contributed by atoms with E-state index in [0.717, 1.165) is 42.4 Å². The van der Waals surface area contributed by atoms with Crippen molar-refractivity contribution in [3.05, 3.63) is 42.1 Å². The van der Waals surface area contributed by atoms with Crippen LogP contribution in [0.5, 0.6) is 0 Å². The zero-order chi connectivity index (χ0) is 17.3. The fraction of sp³-hybridized carbons (Fsp3) is 0.524. The molecule has 25 heavy (non-hydrogen) atoms. The number of nitrogens with zero attached hydrogens (tertiary/aromatic N) is 3. The summed E-state index contributed by atoms with van der Waals surface area (Å²) in [6.45, 7) is 4.21. The molecule has 0 atom stereocenters. The molecular weight excluding hydrogens is 310 g/mol. The van der Waals surface area contributed by atoms with E-state index in [0.29, 0.717) is 5.41 Å². The standard InChI is InChI=1S/C21H27N3O/c1-23-12-3-7-21(8-13-23)9-14-24(15-10-21)20(25)18-5-6-19-17(16-18)4-2-11-22-19/h2,4-6,11,16H,3,7-10,12-15H2,1H3. The van der Waals surface area contributed by atoms with Crippen molar-refractivity contribution in [1.82, 2.24) is 14.8 Å². The highest BCUT2D eigenvalue weighted by atomic mass is 16.2. The lowest BCUT2D eigenvalue weighted by atomic mass is 9.73. The van der Waals surface area contributed by atoms with Crippen molar-refractivity contribution in [3.8, 4) is 0 Å². The largest absolute Gasteiger partial charge is 0.339 e. The third-order valence-electron chi connectivity index (χ3n) is 6.23. The number of fused-ring (bicyclic) bond motifs is 1. The molecule has 1 aromatic heterocycles. The number of hydrogen-bond acceptors (Lipinski definition) is 3. The lowest BCUT2D eigenvalue weighted by molar-refractivity contribution is 0.0543. The number of carbonyl (C=O) groups excluding carboxylic acids is 1. The van der Waals surface area contributed by atoms with E-state index in [1.807, 2.05) is 30.3 Å². The Bertz CT molecular complexity index is 765. The highest BCUT2D eigenvalue weighted by molar-refractivity contribution is 5.98. The summed E-state index contributed by atoms with van der Waals surface area (Å²) >= 11 is 0. The number of benzene rings is 1. The molecule has 3 heterocycles. The number of hydrogen-bond donors (Lipinski definition) is 0. The molecule has 1 spiro atoms. The molecule has 0 bridgehead atoms. The van der Waals surface area contributed by atoms with Gasteiger partial charge in [0.05, 0.1) is 5.52 Å². The fourth-order valence-electron chi connectivity index (χ4n) is 4.46. The Labute approximate surface area is 149 Å². The average Bonchev–Trinajstić information content (AvgIpc) is 2.83. The number of amides is 1. The van der Waals surface area contributed by atoms with Crippen molar-refractivity contribution in [2.75, 3.05) is 33.2 Å². The molecule has 0 aliphatic carbocycles. The minimum absolute atomic E-state index is 0.173. The van der Waals surface area contributed by atoms with Gasteiger partial charge in [-0.1, -0.05) is 6.07 Å². The number of piperidine rings is 1. The first-order chi connectivity index (χ1) is 12.2. The molecule has 0 N–H and O–H groups in total. The lowest BCUT2D eigenvalue weighted by Crippen LogP contribution is -2.43. The van der Waals surface area contributed by atoms with Gasteiger partial charge in [-0.15, -0.1) is 0 Å². The van der Waals surface area contributed by atoms with Crippen LogP contribution >= 0.6 is 0 Å². The summed E-state index contributed by atoms with van der Waals surface area (Å²) in [5.41, 5.74) is 2.20. The highest BCUT2D eigenvalue weighted by Gasteiger charge is 2.36. The van der Waals surface area contributed by atoms with E-state index in [9.17, 15) is 4.79 Å². The molecule has 132 valence electrons. The first-order valence-corrected chi connectivity index (χ1v) is 9.48. The monoisotopic (exact) mass is 337 g/mol. The molecule has 0 saturated carbocycles. The number of likely N-dealkylation sites (tertiary alicyclic amines) is 2. The van der Waals surface area contributed by atoms with E-state index >= 15 is 0 Å². The highest BCUT2D eigenvalue weighted by Crippen LogP contribution is 2.41. The van der Waals surface area contributed by atoms with Crippen LogP contribution in [0.3, 0.4) is 0 Å². The summed E-state index contributed by atoms with van der Waals surface area (Å²) in [6.07, 6.45) is 8.00. The number of pyridine rings is 1. The second-order valence-corrected chi connectivity index (χ2v) is 7.86. The molecule has 2 aromatic rings. The molecule has 2 fully saturated rings. The molecule has 1 amide bonds. The summed E-state index contributed by atoms with van der Waals surface area (Å²) in [7, 11) is 2.23. The SMILES string of the molecule is CN1CCCC2(CC1)CCN(C(=O)c1ccc3ncccc3c1)CC2. The van der Waals surface area contributed by atoms with Gasteiger partial charge in [-0.25, -0.2) is 0 Å². The number of rotatable bonds is 1. The third-order valence-corrected chi connectivity index (χ3v) is 6.23. The van der Waals surface area contributed by atoms with Crippen LogP contribution in [0, 0.1) is 5.41 Å². The summed E-state index contributed by atoms with van der Waals surface area (Å²) in [6, 6.07) is 9.80. The van der Waals surface area contributed by atoms with Gasteiger partial charge in [0, 0.05) is 30.2 Å². The maximum atomic E-state index is 12.9. The maximum absolute atomic E-state index is 12.9. The Hall–Kier alpha value is -1.94. The van der Waals surface area contributed by atoms with Crippen LogP contribution in [0.25, 0.3) is 10.9 Å². The molecule has 4 rings (SSSR count). The van der Waals surface area contributed by atoms with E-state index in [2.05, 4.69) is 21.8 Å². The molecule has 0 unspecified atom stereocenters. The number of carbonyl (C=O) groups is 1. The van der Waals surface area contributed by atoms with Gasteiger partial charge < -0.3 is 9.80 Å². The first kappa shape index (κ1) is 16.5. The van der Waals surface area contributed by atoms with Crippen molar-refractivity contribution in [2.24, 2.45) is 5.41 Å². The topological polar surface area (TPSA) is 36.4 Å². The summed E-state index contributed by atoms with van der Waals surface area (Å²) < 4.78 is 0. The van der Waals surface area contributed by atoms with Crippen LogP contribution in [-0.2, 0) is 0 Å². The summed E-state index contributed by atoms with van der Waals surface area (Å²) in [5, 5.41) is 1.04. The Balaban J connectivity index is 1.45. The molecule has 4 heteroatoms. The van der Waals surface area contributed by atoms with Crippen LogP contribution in [0.15, 0.2) is 36.5 Å². The van der Waals surface area contributed by atoms with Gasteiger partial charge in [0.1, 0.15) is 0 Å². The van der Waals surface area contributed by atoms with Gasteiger partial charge >= 0.3 is 0 Å². The van der Waals surface area contributed by atoms with Crippen molar-refractivity contribution in [1.29, 1.82) is 0 Å². The van der Waals surface area contributed by atoms with Crippen LogP contribution in [-0.4, -0.2) is 53.9 Å². The Morgan fingerprint density at radius 2 is 1.84 bits per heavy atom. The van der Waals surface area contributed by atoms with Gasteiger partial charge in [-0.2, -0.15) is 0 Å². The normalized spacial score (nSPS) is 21.4. The smallest absolute Gasteiger partial charge is 0.253 e. The van der Waals surface area contributed by atoms with Crippen molar-refractivity contribution in [3.63, 3.8) is 0 Å². The van der Waals surface area contributed by atoms with Gasteiger partial charge in [0.2, 0.25) is 0 Å². The third kappa shape index (κ3) is 3.40. The summed E-state index contributed by atoms with van der Waals surface area (Å²) in [4.78, 5) is 21.8. The van der Waals surface area contributed by atoms with E-state index in [-0.39, 0.29) is 5.91 Å². The molecule has 4 nitrogen and oxygen atoms in total.